The van der Waals surface area contributed by atoms with Crippen LogP contribution in [0.1, 0.15) is 19.3 Å². The minimum atomic E-state index is -0.726. The summed E-state index contributed by atoms with van der Waals surface area (Å²) in [6.07, 6.45) is 1.87. The second kappa shape index (κ2) is 6.70. The van der Waals surface area contributed by atoms with E-state index in [1.807, 2.05) is 19.0 Å². The molecule has 1 rings (SSSR count). The number of carbonyl (C=O) groups is 1. The van der Waals surface area contributed by atoms with Crippen LogP contribution in [0.25, 0.3) is 0 Å². The number of hydrogen-bond acceptors (Lipinski definition) is 6. The van der Waals surface area contributed by atoms with Gasteiger partial charge in [0.05, 0.1) is 0 Å². The Hall–Kier alpha value is -0.820. The maximum atomic E-state index is 10.3. The predicted molar refractivity (Wildman–Crippen MR) is 66.4 cm³/mol. The monoisotopic (exact) mass is 261 g/mol. The van der Waals surface area contributed by atoms with Crippen LogP contribution >= 0.6 is 23.1 Å². The normalized spacial score (nSPS) is 10.4. The smallest absolute Gasteiger partial charge is 0.303 e. The molecule has 0 spiro atoms. The molecular weight excluding hydrogens is 246 g/mol. The van der Waals surface area contributed by atoms with Gasteiger partial charge in [-0.15, -0.1) is 10.2 Å². The molecule has 16 heavy (non-hydrogen) atoms. The van der Waals surface area contributed by atoms with Gasteiger partial charge in [-0.3, -0.25) is 4.79 Å². The standard InChI is InChI=1S/C9H15N3O2S2/c1-12(2)8-10-11-9(16-8)15-6-4-3-5-7(13)14/h3-6H2,1-2H3,(H,13,14). The summed E-state index contributed by atoms with van der Waals surface area (Å²) in [5, 5.41) is 17.4. The number of rotatable bonds is 7. The largest absolute Gasteiger partial charge is 0.481 e. The van der Waals surface area contributed by atoms with Crippen molar-refractivity contribution in [3.63, 3.8) is 0 Å². The lowest BCUT2D eigenvalue weighted by molar-refractivity contribution is -0.137. The van der Waals surface area contributed by atoms with E-state index < -0.39 is 5.97 Å². The van der Waals surface area contributed by atoms with Crippen LogP contribution in [0.2, 0.25) is 0 Å². The van der Waals surface area contributed by atoms with Gasteiger partial charge in [0.15, 0.2) is 4.34 Å². The number of carboxylic acid groups (broad SMARTS) is 1. The molecule has 1 N–H and O–H groups in total. The van der Waals surface area contributed by atoms with Crippen molar-refractivity contribution in [3.8, 4) is 0 Å². The minimum absolute atomic E-state index is 0.250. The Kier molecular flexibility index (Phi) is 5.54. The summed E-state index contributed by atoms with van der Waals surface area (Å²) >= 11 is 3.19. The first-order valence-corrected chi connectivity index (χ1v) is 6.75. The van der Waals surface area contributed by atoms with Crippen LogP contribution in [-0.2, 0) is 4.79 Å². The van der Waals surface area contributed by atoms with E-state index in [4.69, 9.17) is 5.11 Å². The molecule has 0 fully saturated rings. The number of aliphatic carboxylic acids is 1. The molecule has 0 amide bonds. The summed E-state index contributed by atoms with van der Waals surface area (Å²) in [7, 11) is 3.86. The average molecular weight is 261 g/mol. The van der Waals surface area contributed by atoms with E-state index in [0.717, 1.165) is 28.1 Å². The second-order valence-corrected chi connectivity index (χ2v) is 5.74. The van der Waals surface area contributed by atoms with Crippen molar-refractivity contribution in [2.75, 3.05) is 24.7 Å². The van der Waals surface area contributed by atoms with Crippen molar-refractivity contribution in [2.45, 2.75) is 23.6 Å². The Morgan fingerprint density at radius 2 is 2.19 bits per heavy atom. The SMILES string of the molecule is CN(C)c1nnc(SCCCCC(=O)O)s1. The zero-order valence-corrected chi connectivity index (χ0v) is 11.0. The molecule has 1 aromatic heterocycles. The number of nitrogens with zero attached hydrogens (tertiary/aromatic N) is 3. The number of carboxylic acids is 1. The fraction of sp³-hybridized carbons (Fsp3) is 0.667. The first-order valence-electron chi connectivity index (χ1n) is 4.95. The van der Waals surface area contributed by atoms with Gasteiger partial charge >= 0.3 is 5.97 Å². The molecule has 90 valence electrons. The lowest BCUT2D eigenvalue weighted by Gasteiger charge is -2.03. The van der Waals surface area contributed by atoms with Crippen LogP contribution in [0, 0.1) is 0 Å². The lowest BCUT2D eigenvalue weighted by atomic mass is 10.3. The molecular formula is C9H15N3O2S2. The van der Waals surface area contributed by atoms with Crippen LogP contribution in [0.3, 0.4) is 0 Å². The average Bonchev–Trinajstić information content (AvgIpc) is 2.65. The number of thioether (sulfide) groups is 1. The van der Waals surface area contributed by atoms with Crippen molar-refractivity contribution in [1.82, 2.24) is 10.2 Å². The van der Waals surface area contributed by atoms with Crippen LogP contribution in [0.5, 0.6) is 0 Å². The Morgan fingerprint density at radius 1 is 1.44 bits per heavy atom. The highest BCUT2D eigenvalue weighted by molar-refractivity contribution is 8.01. The number of aromatic nitrogens is 2. The molecule has 0 radical (unpaired) electrons. The van der Waals surface area contributed by atoms with E-state index in [-0.39, 0.29) is 6.42 Å². The van der Waals surface area contributed by atoms with Crippen LogP contribution < -0.4 is 4.90 Å². The van der Waals surface area contributed by atoms with E-state index in [1.165, 1.54) is 0 Å². The molecule has 1 aromatic rings. The molecule has 7 heteroatoms. The molecule has 0 bridgehead atoms. The summed E-state index contributed by atoms with van der Waals surface area (Å²) in [6, 6.07) is 0. The molecule has 0 unspecified atom stereocenters. The number of unbranched alkanes of at least 4 members (excludes halogenated alkanes) is 1. The number of anilines is 1. The van der Waals surface area contributed by atoms with Crippen molar-refractivity contribution in [2.24, 2.45) is 0 Å². The summed E-state index contributed by atoms with van der Waals surface area (Å²) in [4.78, 5) is 12.2. The third-order valence-corrected chi connectivity index (χ3v) is 4.10. The van der Waals surface area contributed by atoms with Gasteiger partial charge in [-0.2, -0.15) is 0 Å². The minimum Gasteiger partial charge on any atom is -0.481 e. The highest BCUT2D eigenvalue weighted by Gasteiger charge is 2.05. The van der Waals surface area contributed by atoms with Crippen molar-refractivity contribution in [1.29, 1.82) is 0 Å². The van der Waals surface area contributed by atoms with E-state index in [0.29, 0.717) is 0 Å². The van der Waals surface area contributed by atoms with Crippen molar-refractivity contribution >= 4 is 34.2 Å². The maximum absolute atomic E-state index is 10.3. The van der Waals surface area contributed by atoms with Gasteiger partial charge in [0.2, 0.25) is 5.13 Å². The zero-order valence-electron chi connectivity index (χ0n) is 9.34. The molecule has 0 aliphatic carbocycles. The Bertz CT molecular complexity index is 341. The van der Waals surface area contributed by atoms with Crippen molar-refractivity contribution in [3.05, 3.63) is 0 Å². The lowest BCUT2D eigenvalue weighted by Crippen LogP contribution is -2.07. The molecule has 0 saturated heterocycles. The third kappa shape index (κ3) is 4.80. The Balaban J connectivity index is 2.19. The highest BCUT2D eigenvalue weighted by atomic mass is 32.2. The van der Waals surface area contributed by atoms with Gasteiger partial charge in [-0.1, -0.05) is 23.1 Å². The third-order valence-electron chi connectivity index (χ3n) is 1.79. The first kappa shape index (κ1) is 13.2. The van der Waals surface area contributed by atoms with Gasteiger partial charge in [0.25, 0.3) is 0 Å². The van der Waals surface area contributed by atoms with Gasteiger partial charge in [0.1, 0.15) is 0 Å². The van der Waals surface area contributed by atoms with Gasteiger partial charge < -0.3 is 10.0 Å². The van der Waals surface area contributed by atoms with Gasteiger partial charge in [-0.05, 0) is 12.8 Å². The Morgan fingerprint density at radius 3 is 2.75 bits per heavy atom. The summed E-state index contributed by atoms with van der Waals surface area (Å²) in [5.41, 5.74) is 0. The predicted octanol–water partition coefficient (Wildman–Crippen LogP) is 1.95. The number of hydrogen-bond donors (Lipinski definition) is 1. The fourth-order valence-corrected chi connectivity index (χ4v) is 2.81. The van der Waals surface area contributed by atoms with Crippen molar-refractivity contribution < 1.29 is 9.90 Å². The molecule has 0 aliphatic heterocycles. The van der Waals surface area contributed by atoms with Crippen LogP contribution in [-0.4, -0.2) is 41.1 Å². The topological polar surface area (TPSA) is 66.3 Å². The van der Waals surface area contributed by atoms with Crippen LogP contribution in [0.15, 0.2) is 4.34 Å². The van der Waals surface area contributed by atoms with E-state index in [1.54, 1.807) is 23.1 Å². The highest BCUT2D eigenvalue weighted by Crippen LogP contribution is 2.27. The first-order chi connectivity index (χ1) is 7.59. The molecule has 0 aliphatic rings. The second-order valence-electron chi connectivity index (χ2n) is 3.44. The quantitative estimate of drug-likeness (QED) is 0.598. The molecule has 0 aromatic carbocycles. The van der Waals surface area contributed by atoms with E-state index in [2.05, 4.69) is 10.2 Å². The molecule has 0 saturated carbocycles. The Labute approximate surface area is 103 Å². The molecule has 0 atom stereocenters. The van der Waals surface area contributed by atoms with Crippen LogP contribution in [0.4, 0.5) is 5.13 Å². The fourth-order valence-electron chi connectivity index (χ4n) is 0.979. The summed E-state index contributed by atoms with van der Waals surface area (Å²) in [6.45, 7) is 0. The van der Waals surface area contributed by atoms with E-state index in [9.17, 15) is 4.79 Å². The van der Waals surface area contributed by atoms with Gasteiger partial charge in [0, 0.05) is 26.3 Å². The maximum Gasteiger partial charge on any atom is 0.303 e. The zero-order chi connectivity index (χ0) is 12.0. The summed E-state index contributed by atoms with van der Waals surface area (Å²) in [5.74, 6) is 0.172. The molecule has 5 nitrogen and oxygen atoms in total. The summed E-state index contributed by atoms with van der Waals surface area (Å²) < 4.78 is 0.944. The molecule has 1 heterocycles. The van der Waals surface area contributed by atoms with E-state index >= 15 is 0 Å². The van der Waals surface area contributed by atoms with Gasteiger partial charge in [-0.25, -0.2) is 0 Å².